The molecular formula is C12H16FNO2. The second kappa shape index (κ2) is 5.61. The molecule has 88 valence electrons. The van der Waals surface area contributed by atoms with E-state index in [9.17, 15) is 9.18 Å². The number of hydrogen-bond acceptors (Lipinski definition) is 2. The molecule has 0 fully saturated rings. The molecule has 0 bridgehead atoms. The minimum atomic E-state index is -1.29. The van der Waals surface area contributed by atoms with Crippen LogP contribution in [0.5, 0.6) is 0 Å². The average molecular weight is 225 g/mol. The number of rotatable bonds is 4. The fourth-order valence-corrected chi connectivity index (χ4v) is 1.28. The first-order valence-electron chi connectivity index (χ1n) is 5.06. The van der Waals surface area contributed by atoms with Gasteiger partial charge in [-0.1, -0.05) is 29.8 Å². The Morgan fingerprint density at radius 1 is 1.44 bits per heavy atom. The van der Waals surface area contributed by atoms with Crippen molar-refractivity contribution in [1.82, 2.24) is 5.06 Å². The summed E-state index contributed by atoms with van der Waals surface area (Å²) in [5.74, 6) is -0.379. The van der Waals surface area contributed by atoms with E-state index in [1.807, 2.05) is 19.1 Å². The number of aryl methyl sites for hydroxylation is 1. The maximum Gasteiger partial charge on any atom is 0.249 e. The van der Waals surface area contributed by atoms with Crippen LogP contribution in [0.4, 0.5) is 4.39 Å². The molecule has 1 rings (SSSR count). The van der Waals surface area contributed by atoms with Crippen molar-refractivity contribution in [3.05, 3.63) is 35.4 Å². The second-order valence-corrected chi connectivity index (χ2v) is 3.66. The van der Waals surface area contributed by atoms with Gasteiger partial charge >= 0.3 is 0 Å². The topological polar surface area (TPSA) is 29.5 Å². The summed E-state index contributed by atoms with van der Waals surface area (Å²) >= 11 is 0. The third kappa shape index (κ3) is 3.31. The number of amides is 1. The first-order chi connectivity index (χ1) is 7.54. The first-order valence-corrected chi connectivity index (χ1v) is 5.06. The van der Waals surface area contributed by atoms with Crippen LogP contribution in [0.2, 0.25) is 0 Å². The molecule has 0 saturated carbocycles. The van der Waals surface area contributed by atoms with Gasteiger partial charge in [0.25, 0.3) is 0 Å². The molecule has 0 aliphatic heterocycles. The van der Waals surface area contributed by atoms with Crippen molar-refractivity contribution in [2.24, 2.45) is 0 Å². The van der Waals surface area contributed by atoms with Gasteiger partial charge in [0.15, 0.2) is 0 Å². The third-order valence-corrected chi connectivity index (χ3v) is 2.42. The molecule has 1 aromatic carbocycles. The van der Waals surface area contributed by atoms with E-state index < -0.39 is 6.17 Å². The summed E-state index contributed by atoms with van der Waals surface area (Å²) in [6, 6.07) is 7.04. The number of hydroxylamine groups is 2. The maximum atomic E-state index is 13.7. The smallest absolute Gasteiger partial charge is 0.249 e. The Bertz CT molecular complexity index is 351. The Kier molecular flexibility index (Phi) is 4.43. The lowest BCUT2D eigenvalue weighted by Gasteiger charge is -2.15. The van der Waals surface area contributed by atoms with Crippen LogP contribution in [-0.4, -0.2) is 25.1 Å². The van der Waals surface area contributed by atoms with Crippen LogP contribution in [0, 0.1) is 6.92 Å². The predicted octanol–water partition coefficient (Wildman–Crippen LogP) is 2.42. The lowest BCUT2D eigenvalue weighted by molar-refractivity contribution is -0.169. The summed E-state index contributed by atoms with van der Waals surface area (Å²) in [6.07, 6.45) is -1.49. The second-order valence-electron chi connectivity index (χ2n) is 3.66. The number of carbonyl (C=O) groups excluding carboxylic acids is 1. The fourth-order valence-electron chi connectivity index (χ4n) is 1.28. The molecule has 0 aliphatic rings. The van der Waals surface area contributed by atoms with E-state index in [1.54, 1.807) is 12.1 Å². The van der Waals surface area contributed by atoms with Gasteiger partial charge in [0.2, 0.25) is 5.91 Å². The van der Waals surface area contributed by atoms with Crippen LogP contribution in [0.15, 0.2) is 24.3 Å². The lowest BCUT2D eigenvalue weighted by atomic mass is 10.1. The van der Waals surface area contributed by atoms with Gasteiger partial charge in [-0.05, 0) is 12.5 Å². The van der Waals surface area contributed by atoms with Crippen molar-refractivity contribution in [2.45, 2.75) is 19.5 Å². The van der Waals surface area contributed by atoms with Gasteiger partial charge in [0.05, 0.1) is 13.5 Å². The van der Waals surface area contributed by atoms with E-state index in [2.05, 4.69) is 4.84 Å². The largest absolute Gasteiger partial charge is 0.275 e. The number of halogens is 1. The normalized spacial score (nSPS) is 12.2. The monoisotopic (exact) mass is 225 g/mol. The van der Waals surface area contributed by atoms with Crippen LogP contribution < -0.4 is 0 Å². The van der Waals surface area contributed by atoms with Crippen molar-refractivity contribution in [2.75, 3.05) is 14.2 Å². The number of hydrogen-bond donors (Lipinski definition) is 0. The Hall–Kier alpha value is -1.42. The Morgan fingerprint density at radius 3 is 2.50 bits per heavy atom. The van der Waals surface area contributed by atoms with Crippen molar-refractivity contribution in [1.29, 1.82) is 0 Å². The molecule has 16 heavy (non-hydrogen) atoms. The van der Waals surface area contributed by atoms with Gasteiger partial charge in [-0.25, -0.2) is 9.45 Å². The van der Waals surface area contributed by atoms with E-state index in [1.165, 1.54) is 14.2 Å². The first kappa shape index (κ1) is 12.6. The van der Waals surface area contributed by atoms with Crippen molar-refractivity contribution in [3.63, 3.8) is 0 Å². The quantitative estimate of drug-likeness (QED) is 0.736. The molecule has 1 aromatic rings. The van der Waals surface area contributed by atoms with Gasteiger partial charge in [-0.3, -0.25) is 9.63 Å². The summed E-state index contributed by atoms with van der Waals surface area (Å²) < 4.78 is 13.7. The molecule has 0 N–H and O–H groups in total. The van der Waals surface area contributed by atoms with E-state index in [-0.39, 0.29) is 12.3 Å². The highest BCUT2D eigenvalue weighted by molar-refractivity contribution is 5.75. The zero-order chi connectivity index (χ0) is 12.1. The zero-order valence-corrected chi connectivity index (χ0v) is 9.74. The molecule has 0 saturated heterocycles. The summed E-state index contributed by atoms with van der Waals surface area (Å²) in [7, 11) is 2.83. The molecule has 0 aliphatic carbocycles. The van der Waals surface area contributed by atoms with Gasteiger partial charge in [-0.15, -0.1) is 0 Å². The van der Waals surface area contributed by atoms with E-state index in [4.69, 9.17) is 0 Å². The molecular weight excluding hydrogens is 209 g/mol. The summed E-state index contributed by atoms with van der Waals surface area (Å²) in [5, 5.41) is 1.03. The lowest BCUT2D eigenvalue weighted by Crippen LogP contribution is -2.26. The van der Waals surface area contributed by atoms with Gasteiger partial charge in [0.1, 0.15) is 6.17 Å². The zero-order valence-electron chi connectivity index (χ0n) is 9.74. The Labute approximate surface area is 94.8 Å². The van der Waals surface area contributed by atoms with Crippen LogP contribution in [-0.2, 0) is 9.63 Å². The van der Waals surface area contributed by atoms with Crippen molar-refractivity contribution in [3.8, 4) is 0 Å². The Morgan fingerprint density at radius 2 is 2.00 bits per heavy atom. The molecule has 0 radical (unpaired) electrons. The highest BCUT2D eigenvalue weighted by atomic mass is 19.1. The van der Waals surface area contributed by atoms with E-state index >= 15 is 0 Å². The summed E-state index contributed by atoms with van der Waals surface area (Å²) in [6.45, 7) is 1.93. The maximum absolute atomic E-state index is 13.7. The highest BCUT2D eigenvalue weighted by Crippen LogP contribution is 2.22. The average Bonchev–Trinajstić information content (AvgIpc) is 2.28. The van der Waals surface area contributed by atoms with Gasteiger partial charge in [-0.2, -0.15) is 0 Å². The number of nitrogens with zero attached hydrogens (tertiary/aromatic N) is 1. The summed E-state index contributed by atoms with van der Waals surface area (Å²) in [4.78, 5) is 16.1. The third-order valence-electron chi connectivity index (χ3n) is 2.42. The number of benzene rings is 1. The van der Waals surface area contributed by atoms with Gasteiger partial charge < -0.3 is 0 Å². The molecule has 4 heteroatoms. The van der Waals surface area contributed by atoms with Crippen molar-refractivity contribution >= 4 is 5.91 Å². The number of carbonyl (C=O) groups is 1. The Balaban J connectivity index is 2.62. The van der Waals surface area contributed by atoms with Crippen molar-refractivity contribution < 1.29 is 14.0 Å². The fraction of sp³-hybridized carbons (Fsp3) is 0.417. The molecule has 0 aromatic heterocycles. The van der Waals surface area contributed by atoms with E-state index in [0.717, 1.165) is 10.6 Å². The van der Waals surface area contributed by atoms with Crippen LogP contribution in [0.25, 0.3) is 0 Å². The van der Waals surface area contributed by atoms with Gasteiger partial charge in [0, 0.05) is 7.05 Å². The standard InChI is InChI=1S/C12H16FNO2/c1-9-4-6-10(7-5-9)11(13)8-12(15)14(2)16-3/h4-7,11H,8H2,1-3H3/t11-/m0/s1. The van der Waals surface area contributed by atoms with Crippen LogP contribution >= 0.6 is 0 Å². The molecule has 1 atom stereocenters. The minimum Gasteiger partial charge on any atom is -0.275 e. The summed E-state index contributed by atoms with van der Waals surface area (Å²) in [5.41, 5.74) is 1.58. The predicted molar refractivity (Wildman–Crippen MR) is 59.4 cm³/mol. The SMILES string of the molecule is CON(C)C(=O)C[C@H](F)c1ccc(C)cc1. The molecule has 0 spiro atoms. The molecule has 1 amide bonds. The van der Waals surface area contributed by atoms with Crippen LogP contribution in [0.1, 0.15) is 23.7 Å². The number of alkyl halides is 1. The molecule has 0 heterocycles. The minimum absolute atomic E-state index is 0.201. The highest BCUT2D eigenvalue weighted by Gasteiger charge is 2.17. The molecule has 0 unspecified atom stereocenters. The molecule has 3 nitrogen and oxygen atoms in total. The van der Waals surface area contributed by atoms with E-state index in [0.29, 0.717) is 5.56 Å². The van der Waals surface area contributed by atoms with Crippen LogP contribution in [0.3, 0.4) is 0 Å².